The van der Waals surface area contributed by atoms with Crippen LogP contribution >= 0.6 is 15.9 Å². The molecule has 0 heterocycles. The van der Waals surface area contributed by atoms with Crippen molar-refractivity contribution in [3.8, 4) is 6.07 Å². The quantitative estimate of drug-likeness (QED) is 0.868. The van der Waals surface area contributed by atoms with Gasteiger partial charge in [-0.3, -0.25) is 4.79 Å². The molecule has 5 heteroatoms. The van der Waals surface area contributed by atoms with Crippen molar-refractivity contribution in [3.05, 3.63) is 58.6 Å². The number of benzene rings is 2. The van der Waals surface area contributed by atoms with Gasteiger partial charge in [0.05, 0.1) is 11.6 Å². The van der Waals surface area contributed by atoms with Gasteiger partial charge in [-0.1, -0.05) is 22.0 Å². The van der Waals surface area contributed by atoms with E-state index in [0.717, 1.165) is 15.8 Å². The fourth-order valence-corrected chi connectivity index (χ4v) is 2.17. The SMILES string of the molecule is N#Cc1ccc(NCCC(=O)Nc2cccc(Br)c2)cc1. The highest BCUT2D eigenvalue weighted by Gasteiger charge is 2.02. The Kier molecular flexibility index (Phi) is 5.35. The maximum Gasteiger partial charge on any atom is 0.226 e. The van der Waals surface area contributed by atoms with Crippen LogP contribution in [0.15, 0.2) is 53.0 Å². The Morgan fingerprint density at radius 3 is 2.57 bits per heavy atom. The number of nitrogens with zero attached hydrogens (tertiary/aromatic N) is 1. The molecule has 0 bridgehead atoms. The zero-order valence-electron chi connectivity index (χ0n) is 11.3. The van der Waals surface area contributed by atoms with Gasteiger partial charge in [0.1, 0.15) is 0 Å². The molecule has 1 amide bonds. The van der Waals surface area contributed by atoms with Gasteiger partial charge in [0, 0.05) is 28.8 Å². The molecule has 0 saturated heterocycles. The highest BCUT2D eigenvalue weighted by atomic mass is 79.9. The van der Waals surface area contributed by atoms with E-state index < -0.39 is 0 Å². The second kappa shape index (κ2) is 7.46. The number of carbonyl (C=O) groups excluding carboxylic acids is 1. The van der Waals surface area contributed by atoms with Gasteiger partial charge in [-0.15, -0.1) is 0 Å². The van der Waals surface area contributed by atoms with E-state index in [2.05, 4.69) is 32.6 Å². The molecule has 0 aliphatic carbocycles. The van der Waals surface area contributed by atoms with Gasteiger partial charge in [0.25, 0.3) is 0 Å². The number of hydrogen-bond donors (Lipinski definition) is 2. The van der Waals surface area contributed by atoms with Crippen molar-refractivity contribution >= 4 is 33.2 Å². The summed E-state index contributed by atoms with van der Waals surface area (Å²) in [6.07, 6.45) is 0.368. The van der Waals surface area contributed by atoms with Crippen LogP contribution in [0.3, 0.4) is 0 Å². The number of halogens is 1. The molecule has 0 spiro atoms. The lowest BCUT2D eigenvalue weighted by molar-refractivity contribution is -0.115. The van der Waals surface area contributed by atoms with Crippen molar-refractivity contribution in [1.82, 2.24) is 0 Å². The predicted molar refractivity (Wildman–Crippen MR) is 87.0 cm³/mol. The van der Waals surface area contributed by atoms with Crippen LogP contribution in [0.1, 0.15) is 12.0 Å². The molecule has 0 saturated carbocycles. The minimum absolute atomic E-state index is 0.0470. The number of carbonyl (C=O) groups is 1. The zero-order valence-corrected chi connectivity index (χ0v) is 12.9. The van der Waals surface area contributed by atoms with Crippen molar-refractivity contribution in [3.63, 3.8) is 0 Å². The maximum atomic E-state index is 11.8. The molecule has 0 radical (unpaired) electrons. The van der Waals surface area contributed by atoms with Crippen LogP contribution in [0.4, 0.5) is 11.4 Å². The summed E-state index contributed by atoms with van der Waals surface area (Å²) >= 11 is 3.36. The standard InChI is InChI=1S/C16H14BrN3O/c17-13-2-1-3-15(10-13)20-16(21)8-9-19-14-6-4-12(11-18)5-7-14/h1-7,10,19H,8-9H2,(H,20,21). The first kappa shape index (κ1) is 15.1. The van der Waals surface area contributed by atoms with Gasteiger partial charge in [0.15, 0.2) is 0 Å². The third kappa shape index (κ3) is 4.93. The van der Waals surface area contributed by atoms with E-state index in [1.807, 2.05) is 36.4 Å². The molecule has 4 nitrogen and oxygen atoms in total. The highest BCUT2D eigenvalue weighted by Crippen LogP contribution is 2.15. The Labute approximate surface area is 131 Å². The first-order valence-corrected chi connectivity index (χ1v) is 7.26. The lowest BCUT2D eigenvalue weighted by atomic mass is 10.2. The zero-order chi connectivity index (χ0) is 15.1. The van der Waals surface area contributed by atoms with E-state index in [4.69, 9.17) is 5.26 Å². The minimum atomic E-state index is -0.0470. The predicted octanol–water partition coefficient (Wildman–Crippen LogP) is 3.76. The lowest BCUT2D eigenvalue weighted by Gasteiger charge is -2.08. The normalized spacial score (nSPS) is 9.71. The Morgan fingerprint density at radius 1 is 1.14 bits per heavy atom. The van der Waals surface area contributed by atoms with Crippen LogP contribution in [0, 0.1) is 11.3 Å². The molecule has 0 aromatic heterocycles. The van der Waals surface area contributed by atoms with Crippen LogP contribution in [0.2, 0.25) is 0 Å². The molecule has 2 rings (SSSR count). The van der Waals surface area contributed by atoms with Crippen molar-refractivity contribution in [2.45, 2.75) is 6.42 Å². The van der Waals surface area contributed by atoms with Crippen molar-refractivity contribution in [2.75, 3.05) is 17.2 Å². The molecule has 0 fully saturated rings. The fourth-order valence-electron chi connectivity index (χ4n) is 1.77. The third-order valence-corrected chi connectivity index (χ3v) is 3.30. The van der Waals surface area contributed by atoms with Crippen LogP contribution in [-0.2, 0) is 4.79 Å². The summed E-state index contributed by atoms with van der Waals surface area (Å²) in [7, 11) is 0. The van der Waals surface area contributed by atoms with Gasteiger partial charge < -0.3 is 10.6 Å². The average molecular weight is 344 g/mol. The maximum absolute atomic E-state index is 11.8. The number of hydrogen-bond acceptors (Lipinski definition) is 3. The summed E-state index contributed by atoms with van der Waals surface area (Å²) in [4.78, 5) is 11.8. The molecule has 2 N–H and O–H groups in total. The van der Waals surface area contributed by atoms with E-state index in [1.54, 1.807) is 12.1 Å². The molecule has 106 valence electrons. The average Bonchev–Trinajstić information content (AvgIpc) is 2.48. The second-order valence-electron chi connectivity index (χ2n) is 4.42. The molecule has 0 unspecified atom stereocenters. The second-order valence-corrected chi connectivity index (χ2v) is 5.34. The van der Waals surface area contributed by atoms with Crippen LogP contribution in [-0.4, -0.2) is 12.5 Å². The third-order valence-electron chi connectivity index (χ3n) is 2.80. The van der Waals surface area contributed by atoms with E-state index in [0.29, 0.717) is 18.5 Å². The van der Waals surface area contributed by atoms with Gasteiger partial charge in [-0.25, -0.2) is 0 Å². The van der Waals surface area contributed by atoms with Gasteiger partial charge in [-0.05, 0) is 42.5 Å². The number of amides is 1. The molecule has 0 aliphatic heterocycles. The molecule has 2 aromatic carbocycles. The summed E-state index contributed by atoms with van der Waals surface area (Å²) in [5, 5.41) is 14.7. The Balaban J connectivity index is 1.77. The molecule has 0 atom stereocenters. The smallest absolute Gasteiger partial charge is 0.226 e. The number of anilines is 2. The lowest BCUT2D eigenvalue weighted by Crippen LogP contribution is -2.16. The number of nitriles is 1. The molecule has 2 aromatic rings. The minimum Gasteiger partial charge on any atom is -0.385 e. The highest BCUT2D eigenvalue weighted by molar-refractivity contribution is 9.10. The first-order valence-electron chi connectivity index (χ1n) is 6.47. The summed E-state index contributed by atoms with van der Waals surface area (Å²) in [5.74, 6) is -0.0470. The van der Waals surface area contributed by atoms with Gasteiger partial charge in [0.2, 0.25) is 5.91 Å². The van der Waals surface area contributed by atoms with E-state index in [-0.39, 0.29) is 5.91 Å². The van der Waals surface area contributed by atoms with Crippen molar-refractivity contribution < 1.29 is 4.79 Å². The van der Waals surface area contributed by atoms with E-state index in [9.17, 15) is 4.79 Å². The molecule has 0 aliphatic rings. The van der Waals surface area contributed by atoms with Crippen LogP contribution < -0.4 is 10.6 Å². The molecular formula is C16H14BrN3O. The molecular weight excluding hydrogens is 330 g/mol. The Morgan fingerprint density at radius 2 is 1.90 bits per heavy atom. The summed E-state index contributed by atoms with van der Waals surface area (Å²) in [6.45, 7) is 0.533. The largest absolute Gasteiger partial charge is 0.385 e. The summed E-state index contributed by atoms with van der Waals surface area (Å²) in [6, 6.07) is 16.7. The number of rotatable bonds is 5. The van der Waals surface area contributed by atoms with E-state index in [1.165, 1.54) is 0 Å². The van der Waals surface area contributed by atoms with Crippen molar-refractivity contribution in [1.29, 1.82) is 5.26 Å². The van der Waals surface area contributed by atoms with E-state index >= 15 is 0 Å². The Hall–Kier alpha value is -2.32. The summed E-state index contributed by atoms with van der Waals surface area (Å²) in [5.41, 5.74) is 2.28. The monoisotopic (exact) mass is 343 g/mol. The fraction of sp³-hybridized carbons (Fsp3) is 0.125. The van der Waals surface area contributed by atoms with Crippen LogP contribution in [0.25, 0.3) is 0 Å². The van der Waals surface area contributed by atoms with Crippen molar-refractivity contribution in [2.24, 2.45) is 0 Å². The van der Waals surface area contributed by atoms with Gasteiger partial charge in [-0.2, -0.15) is 5.26 Å². The van der Waals surface area contributed by atoms with Crippen LogP contribution in [0.5, 0.6) is 0 Å². The summed E-state index contributed by atoms with van der Waals surface area (Å²) < 4.78 is 0.927. The number of nitrogens with one attached hydrogen (secondary N) is 2. The first-order chi connectivity index (χ1) is 10.2. The van der Waals surface area contributed by atoms with Gasteiger partial charge >= 0.3 is 0 Å². The topological polar surface area (TPSA) is 64.9 Å². The Bertz CT molecular complexity index is 662. The molecule has 21 heavy (non-hydrogen) atoms.